The number of hydrogen-bond acceptors (Lipinski definition) is 8. The lowest BCUT2D eigenvalue weighted by Crippen LogP contribution is -2.44. The summed E-state index contributed by atoms with van der Waals surface area (Å²) < 4.78 is 22.8. The topological polar surface area (TPSA) is 111 Å². The quantitative estimate of drug-likeness (QED) is 0.0195. The summed E-state index contributed by atoms with van der Waals surface area (Å²) in [5.41, 5.74) is 0. The van der Waals surface area contributed by atoms with Gasteiger partial charge in [0.1, 0.15) is 13.2 Å². The number of esters is 2. The highest BCUT2D eigenvalue weighted by Crippen LogP contribution is 2.19. The van der Waals surface area contributed by atoms with E-state index in [2.05, 4.69) is 86.8 Å². The second-order valence-electron chi connectivity index (χ2n) is 26.2. The summed E-state index contributed by atoms with van der Waals surface area (Å²) in [5.74, 6) is -2.29. The van der Waals surface area contributed by atoms with Crippen LogP contribution in [-0.2, 0) is 33.3 Å². The third-order valence-electron chi connectivity index (χ3n) is 16.5. The summed E-state index contributed by atoms with van der Waals surface area (Å²) in [6, 6.07) is 0. The molecule has 0 heterocycles. The van der Waals surface area contributed by atoms with Crippen molar-refractivity contribution in [2.24, 2.45) is 0 Å². The second-order valence-corrected chi connectivity index (χ2v) is 26.2. The zero-order valence-electron chi connectivity index (χ0n) is 57.9. The van der Waals surface area contributed by atoms with Crippen LogP contribution in [0.15, 0.2) is 72.9 Å². The van der Waals surface area contributed by atoms with Gasteiger partial charge >= 0.3 is 11.9 Å². The number of carbonyl (C=O) groups is 3. The van der Waals surface area contributed by atoms with Crippen LogP contribution in [0.4, 0.5) is 0 Å². The molecule has 9 heteroatoms. The summed E-state index contributed by atoms with van der Waals surface area (Å²) in [5, 5.41) is 11.8. The van der Waals surface area contributed by atoms with Crippen LogP contribution in [0.3, 0.4) is 0 Å². The Bertz CT molecular complexity index is 1660. The predicted molar refractivity (Wildman–Crippen MR) is 371 cm³/mol. The number of unbranched alkanes of at least 4 members (excludes halogenated alkanes) is 42. The maximum absolute atomic E-state index is 12.9. The van der Waals surface area contributed by atoms with Gasteiger partial charge in [0.25, 0.3) is 0 Å². The van der Waals surface area contributed by atoms with Crippen molar-refractivity contribution in [3.63, 3.8) is 0 Å². The molecule has 2 atom stereocenters. The van der Waals surface area contributed by atoms with Gasteiger partial charge in [-0.3, -0.25) is 9.59 Å². The monoisotopic (exact) mass is 1220 g/mol. The Balaban J connectivity index is 4.03. The fourth-order valence-electron chi connectivity index (χ4n) is 10.8. The fraction of sp³-hybridized carbons (Fsp3) is 0.808. The molecular weight excluding hydrogens is 1080 g/mol. The number of quaternary nitrogens is 1. The number of carboxylic acid groups (broad SMARTS) is 1. The average Bonchev–Trinajstić information content (AvgIpc) is 3.59. The minimum Gasteiger partial charge on any atom is -0.545 e. The van der Waals surface area contributed by atoms with Crippen molar-refractivity contribution in [1.82, 2.24) is 0 Å². The molecule has 0 saturated carbocycles. The van der Waals surface area contributed by atoms with Crippen molar-refractivity contribution in [1.29, 1.82) is 0 Å². The number of allylic oxidation sites excluding steroid dienone is 12. The van der Waals surface area contributed by atoms with Crippen molar-refractivity contribution >= 4 is 17.9 Å². The first-order valence-corrected chi connectivity index (χ1v) is 37.1. The molecule has 0 amide bonds. The van der Waals surface area contributed by atoms with Gasteiger partial charge in [0.05, 0.1) is 40.3 Å². The van der Waals surface area contributed by atoms with Crippen LogP contribution in [0.25, 0.3) is 0 Å². The maximum Gasteiger partial charge on any atom is 0.306 e. The van der Waals surface area contributed by atoms with Gasteiger partial charge in [-0.05, 0) is 64.2 Å². The summed E-state index contributed by atoms with van der Waals surface area (Å²) in [7, 11) is 5.93. The van der Waals surface area contributed by atoms with E-state index in [0.717, 1.165) is 96.3 Å². The van der Waals surface area contributed by atoms with E-state index in [1.165, 1.54) is 218 Å². The zero-order valence-corrected chi connectivity index (χ0v) is 57.9. The standard InChI is InChI=1S/C78H141NO8/c1-6-8-10-12-14-16-18-20-22-24-26-28-30-32-33-34-35-36-37-38-39-40-41-42-43-45-46-48-50-52-54-56-58-60-62-64-66-68-75(80)85-72-74(73-86-78(77(82)83)84-71-70-79(3,4)5)87-76(81)69-67-65-63-61-59-57-55-53-51-49-47-44-31-29-27-25-23-21-19-17-15-13-11-9-7-2/h9,11,15,17,21,23,27,29,44,47,51,53,74,78H,6-8,10,12-14,16,18-20,22,24-26,28,30-43,45-46,48-50,52,54-73H2,1-5H3/b11-9-,17-15-,23-21-,29-27-,47-44-,53-51-. The smallest absolute Gasteiger partial charge is 0.306 e. The summed E-state index contributed by atoms with van der Waals surface area (Å²) in [6.45, 7) is 4.66. The molecule has 0 aromatic heterocycles. The number of hydrogen-bond donors (Lipinski definition) is 0. The van der Waals surface area contributed by atoms with Gasteiger partial charge in [-0.1, -0.05) is 344 Å². The molecule has 0 saturated heterocycles. The normalized spacial score (nSPS) is 13.1. The molecule has 2 unspecified atom stereocenters. The molecule has 0 aliphatic rings. The van der Waals surface area contributed by atoms with Gasteiger partial charge < -0.3 is 33.3 Å². The Morgan fingerprint density at radius 1 is 0.356 bits per heavy atom. The molecule has 506 valence electrons. The summed E-state index contributed by atoms with van der Waals surface area (Å²) in [6.07, 6.45) is 88.7. The first-order valence-electron chi connectivity index (χ1n) is 37.1. The van der Waals surface area contributed by atoms with E-state index < -0.39 is 24.3 Å². The Kier molecular flexibility index (Phi) is 66.1. The van der Waals surface area contributed by atoms with Crippen molar-refractivity contribution in [2.75, 3.05) is 47.5 Å². The van der Waals surface area contributed by atoms with E-state index in [1.807, 2.05) is 21.1 Å². The highest BCUT2D eigenvalue weighted by Gasteiger charge is 2.22. The van der Waals surface area contributed by atoms with E-state index in [1.54, 1.807) is 0 Å². The highest BCUT2D eigenvalue weighted by molar-refractivity contribution is 5.70. The molecule has 0 aromatic carbocycles. The van der Waals surface area contributed by atoms with Crippen molar-refractivity contribution in [3.05, 3.63) is 72.9 Å². The minimum absolute atomic E-state index is 0.143. The Hall–Kier alpha value is -3.27. The summed E-state index contributed by atoms with van der Waals surface area (Å²) >= 11 is 0. The van der Waals surface area contributed by atoms with Gasteiger partial charge in [-0.15, -0.1) is 0 Å². The molecule has 0 aromatic rings. The van der Waals surface area contributed by atoms with E-state index in [9.17, 15) is 19.5 Å². The molecule has 9 nitrogen and oxygen atoms in total. The lowest BCUT2D eigenvalue weighted by atomic mass is 10.0. The van der Waals surface area contributed by atoms with Gasteiger partial charge in [0.15, 0.2) is 12.4 Å². The van der Waals surface area contributed by atoms with Crippen molar-refractivity contribution < 1.29 is 42.9 Å². The predicted octanol–water partition coefficient (Wildman–Crippen LogP) is 21.9. The van der Waals surface area contributed by atoms with E-state index in [0.29, 0.717) is 23.9 Å². The van der Waals surface area contributed by atoms with Crippen LogP contribution < -0.4 is 5.11 Å². The molecule has 0 rings (SSSR count). The number of carbonyl (C=O) groups excluding carboxylic acids is 3. The first-order chi connectivity index (χ1) is 42.6. The Morgan fingerprint density at radius 3 is 0.977 bits per heavy atom. The van der Waals surface area contributed by atoms with Crippen LogP contribution in [0.5, 0.6) is 0 Å². The number of aliphatic carboxylic acids is 1. The molecule has 0 aliphatic carbocycles. The molecular formula is C78H141NO8. The third-order valence-corrected chi connectivity index (χ3v) is 16.5. The first kappa shape index (κ1) is 83.7. The molecule has 87 heavy (non-hydrogen) atoms. The number of nitrogens with zero attached hydrogens (tertiary/aromatic N) is 1. The zero-order chi connectivity index (χ0) is 63.3. The number of likely N-dealkylation sites (N-methyl/N-ethyl adjacent to an activating group) is 1. The lowest BCUT2D eigenvalue weighted by molar-refractivity contribution is -0.870. The van der Waals surface area contributed by atoms with Crippen LogP contribution in [0.1, 0.15) is 348 Å². The van der Waals surface area contributed by atoms with Gasteiger partial charge in [-0.2, -0.15) is 0 Å². The SMILES string of the molecule is CC/C=C\C/C=C\C/C=C\C/C=C\C/C=C\C/C=C\CCCCCCCCC(=O)OC(COC(=O)CCCCCCCCCCCCCCCCCCCCCCCCCCCCCCCCCCCCCCC)COC(OCC[N+](C)(C)C)C(=O)[O-]. The largest absolute Gasteiger partial charge is 0.545 e. The molecule has 0 fully saturated rings. The molecule has 0 aliphatic heterocycles. The Morgan fingerprint density at radius 2 is 0.655 bits per heavy atom. The van der Waals surface area contributed by atoms with Crippen molar-refractivity contribution in [2.45, 2.75) is 360 Å². The fourth-order valence-corrected chi connectivity index (χ4v) is 10.8. The molecule has 0 bridgehead atoms. The van der Waals surface area contributed by atoms with Crippen LogP contribution in [0, 0.1) is 0 Å². The number of ether oxygens (including phenoxy) is 4. The lowest BCUT2D eigenvalue weighted by Gasteiger charge is -2.26. The van der Waals surface area contributed by atoms with Gasteiger partial charge in [0, 0.05) is 12.8 Å². The molecule has 0 N–H and O–H groups in total. The molecule has 0 radical (unpaired) electrons. The van der Waals surface area contributed by atoms with Crippen LogP contribution in [0.2, 0.25) is 0 Å². The number of rotatable bonds is 69. The number of carboxylic acids is 1. The van der Waals surface area contributed by atoms with Gasteiger partial charge in [0.2, 0.25) is 0 Å². The third kappa shape index (κ3) is 70.1. The second kappa shape index (κ2) is 68.6. The average molecular weight is 1220 g/mol. The van der Waals surface area contributed by atoms with E-state index in [4.69, 9.17) is 18.9 Å². The van der Waals surface area contributed by atoms with Gasteiger partial charge in [-0.25, -0.2) is 0 Å². The minimum atomic E-state index is -1.63. The summed E-state index contributed by atoms with van der Waals surface area (Å²) in [4.78, 5) is 37.5. The van der Waals surface area contributed by atoms with E-state index >= 15 is 0 Å². The highest BCUT2D eigenvalue weighted by atomic mass is 16.7. The van der Waals surface area contributed by atoms with Crippen LogP contribution in [-0.4, -0.2) is 82.3 Å². The van der Waals surface area contributed by atoms with Crippen molar-refractivity contribution in [3.8, 4) is 0 Å². The maximum atomic E-state index is 12.9. The Labute approximate surface area is 538 Å². The van der Waals surface area contributed by atoms with E-state index in [-0.39, 0.29) is 32.2 Å². The van der Waals surface area contributed by atoms with Crippen LogP contribution >= 0.6 is 0 Å². The molecule has 0 spiro atoms.